The van der Waals surface area contributed by atoms with Gasteiger partial charge in [0.15, 0.2) is 0 Å². The summed E-state index contributed by atoms with van der Waals surface area (Å²) >= 11 is 7.56. The molecule has 0 saturated heterocycles. The summed E-state index contributed by atoms with van der Waals surface area (Å²) in [6.07, 6.45) is 3.99. The first-order chi connectivity index (χ1) is 8.80. The lowest BCUT2D eigenvalue weighted by Gasteiger charge is -2.40. The minimum atomic E-state index is -0.537. The number of hydrogen-bond donors (Lipinski definition) is 2. The number of nitrogens with one attached hydrogen (secondary N) is 1. The van der Waals surface area contributed by atoms with Gasteiger partial charge in [-0.2, -0.15) is 0 Å². The lowest BCUT2D eigenvalue weighted by Crippen LogP contribution is -2.45. The summed E-state index contributed by atoms with van der Waals surface area (Å²) in [7, 11) is 0. The van der Waals surface area contributed by atoms with E-state index in [-0.39, 0.29) is 6.04 Å². The van der Waals surface area contributed by atoms with E-state index < -0.39 is 5.60 Å². The van der Waals surface area contributed by atoms with Crippen LogP contribution < -0.4 is 5.32 Å². The Morgan fingerprint density at radius 3 is 2.47 bits per heavy atom. The van der Waals surface area contributed by atoms with Crippen LogP contribution >= 0.6 is 22.9 Å². The van der Waals surface area contributed by atoms with Crippen LogP contribution in [-0.4, -0.2) is 17.3 Å². The van der Waals surface area contributed by atoms with E-state index in [0.29, 0.717) is 12.0 Å². The molecule has 1 aliphatic carbocycles. The highest BCUT2D eigenvalue weighted by Crippen LogP contribution is 2.40. The van der Waals surface area contributed by atoms with Crippen molar-refractivity contribution >= 4 is 22.9 Å². The van der Waals surface area contributed by atoms with Crippen LogP contribution in [0.25, 0.3) is 0 Å². The zero-order valence-corrected chi connectivity index (χ0v) is 13.6. The van der Waals surface area contributed by atoms with Crippen LogP contribution in [0, 0.1) is 5.41 Å². The van der Waals surface area contributed by atoms with Gasteiger partial charge >= 0.3 is 0 Å². The molecule has 0 bridgehead atoms. The van der Waals surface area contributed by atoms with E-state index in [1.54, 1.807) is 11.3 Å². The highest BCUT2D eigenvalue weighted by molar-refractivity contribution is 7.16. The Morgan fingerprint density at radius 2 is 1.95 bits per heavy atom. The van der Waals surface area contributed by atoms with Gasteiger partial charge in [-0.3, -0.25) is 0 Å². The van der Waals surface area contributed by atoms with Gasteiger partial charge < -0.3 is 10.4 Å². The van der Waals surface area contributed by atoms with E-state index in [4.69, 9.17) is 11.6 Å². The highest BCUT2D eigenvalue weighted by Gasteiger charge is 2.36. The molecule has 2 N–H and O–H groups in total. The van der Waals surface area contributed by atoms with Crippen molar-refractivity contribution in [2.75, 3.05) is 6.54 Å². The zero-order chi connectivity index (χ0) is 14.1. The number of rotatable bonds is 4. The second-order valence-corrected chi connectivity index (χ2v) is 8.38. The molecule has 4 heteroatoms. The van der Waals surface area contributed by atoms with Crippen LogP contribution in [0.4, 0.5) is 0 Å². The maximum atomic E-state index is 10.6. The fraction of sp³-hybridized carbons (Fsp3) is 0.733. The number of aliphatic hydroxyl groups is 1. The van der Waals surface area contributed by atoms with Crippen LogP contribution in [0.2, 0.25) is 4.34 Å². The first kappa shape index (κ1) is 15.3. The molecule has 0 spiro atoms. The molecule has 0 amide bonds. The zero-order valence-electron chi connectivity index (χ0n) is 12.0. The predicted molar refractivity (Wildman–Crippen MR) is 82.9 cm³/mol. The van der Waals surface area contributed by atoms with Gasteiger partial charge in [-0.05, 0) is 50.2 Å². The van der Waals surface area contributed by atoms with E-state index in [9.17, 15) is 5.11 Å². The summed E-state index contributed by atoms with van der Waals surface area (Å²) in [6, 6.07) is 4.23. The maximum Gasteiger partial charge on any atom is 0.0931 e. The van der Waals surface area contributed by atoms with Crippen molar-refractivity contribution in [3.63, 3.8) is 0 Å². The largest absolute Gasteiger partial charge is 0.389 e. The van der Waals surface area contributed by atoms with Crippen molar-refractivity contribution in [2.45, 2.75) is 58.1 Å². The highest BCUT2D eigenvalue weighted by atomic mass is 35.5. The van der Waals surface area contributed by atoms with Crippen LogP contribution in [0.15, 0.2) is 12.1 Å². The third kappa shape index (κ3) is 4.19. The molecular formula is C15H24ClNOS. The lowest BCUT2D eigenvalue weighted by molar-refractivity contribution is -0.0257. The molecule has 0 aliphatic heterocycles. The number of thiophene rings is 1. The quantitative estimate of drug-likeness (QED) is 0.865. The van der Waals surface area contributed by atoms with Gasteiger partial charge in [-0.1, -0.05) is 25.4 Å². The molecule has 2 nitrogen and oxygen atoms in total. The Morgan fingerprint density at radius 1 is 1.32 bits per heavy atom. The molecule has 1 fully saturated rings. The third-order valence-electron chi connectivity index (χ3n) is 4.29. The van der Waals surface area contributed by atoms with Crippen molar-refractivity contribution < 1.29 is 5.11 Å². The smallest absolute Gasteiger partial charge is 0.0931 e. The van der Waals surface area contributed by atoms with Crippen LogP contribution in [0.5, 0.6) is 0 Å². The Labute approximate surface area is 125 Å². The summed E-state index contributed by atoms with van der Waals surface area (Å²) in [6.45, 7) is 7.37. The molecule has 2 rings (SSSR count). The molecular weight excluding hydrogens is 278 g/mol. The molecule has 1 heterocycles. The van der Waals surface area contributed by atoms with Crippen molar-refractivity contribution in [1.82, 2.24) is 5.32 Å². The first-order valence-corrected chi connectivity index (χ1v) is 8.20. The minimum Gasteiger partial charge on any atom is -0.389 e. The Bertz CT molecular complexity index is 420. The van der Waals surface area contributed by atoms with Gasteiger partial charge in [-0.25, -0.2) is 0 Å². The fourth-order valence-corrected chi connectivity index (χ4v) is 3.66. The van der Waals surface area contributed by atoms with E-state index in [2.05, 4.69) is 32.2 Å². The molecule has 0 aromatic carbocycles. The van der Waals surface area contributed by atoms with Gasteiger partial charge in [-0.15, -0.1) is 11.3 Å². The number of hydrogen-bond acceptors (Lipinski definition) is 3. The third-order valence-corrected chi connectivity index (χ3v) is 5.71. The SMILES string of the molecule is CC(NCC1(O)CCC(C)(C)CC1)c1ccc(Cl)s1. The summed E-state index contributed by atoms with van der Waals surface area (Å²) < 4.78 is 0.821. The van der Waals surface area contributed by atoms with Crippen LogP contribution in [-0.2, 0) is 0 Å². The summed E-state index contributed by atoms with van der Waals surface area (Å²) in [4.78, 5) is 1.23. The molecule has 1 aromatic heterocycles. The van der Waals surface area contributed by atoms with E-state index in [1.165, 1.54) is 4.88 Å². The molecule has 1 unspecified atom stereocenters. The van der Waals surface area contributed by atoms with E-state index in [0.717, 1.165) is 30.0 Å². The van der Waals surface area contributed by atoms with Crippen molar-refractivity contribution in [3.8, 4) is 0 Å². The van der Waals surface area contributed by atoms with Crippen molar-refractivity contribution in [3.05, 3.63) is 21.3 Å². The normalized spacial score (nSPS) is 23.2. The topological polar surface area (TPSA) is 32.3 Å². The maximum absolute atomic E-state index is 10.6. The molecule has 1 atom stereocenters. The van der Waals surface area contributed by atoms with Gasteiger partial charge in [0.05, 0.1) is 9.94 Å². The molecule has 19 heavy (non-hydrogen) atoms. The van der Waals surface area contributed by atoms with Gasteiger partial charge in [0.25, 0.3) is 0 Å². The second-order valence-electron chi connectivity index (χ2n) is 6.63. The minimum absolute atomic E-state index is 0.247. The lowest BCUT2D eigenvalue weighted by atomic mass is 9.71. The Balaban J connectivity index is 1.85. The van der Waals surface area contributed by atoms with Gasteiger partial charge in [0.1, 0.15) is 0 Å². The molecule has 108 valence electrons. The Hall–Kier alpha value is -0.0900. The summed E-state index contributed by atoms with van der Waals surface area (Å²) in [5.41, 5.74) is -0.149. The fourth-order valence-electron chi connectivity index (χ4n) is 2.57. The summed E-state index contributed by atoms with van der Waals surface area (Å²) in [5.74, 6) is 0. The molecule has 1 aliphatic rings. The predicted octanol–water partition coefficient (Wildman–Crippen LogP) is 4.38. The van der Waals surface area contributed by atoms with Gasteiger partial charge in [0.2, 0.25) is 0 Å². The standard InChI is InChI=1S/C15H24ClNOS/c1-11(12-4-5-13(16)19-12)17-10-15(18)8-6-14(2,3)7-9-15/h4-5,11,17-18H,6-10H2,1-3H3. The van der Waals surface area contributed by atoms with Gasteiger partial charge in [0, 0.05) is 17.5 Å². The monoisotopic (exact) mass is 301 g/mol. The van der Waals surface area contributed by atoms with Crippen molar-refractivity contribution in [2.24, 2.45) is 5.41 Å². The summed E-state index contributed by atoms with van der Waals surface area (Å²) in [5, 5.41) is 14.1. The average molecular weight is 302 g/mol. The Kier molecular flexibility index (Phi) is 4.61. The molecule has 1 aromatic rings. The first-order valence-electron chi connectivity index (χ1n) is 7.01. The second kappa shape index (κ2) is 5.72. The van der Waals surface area contributed by atoms with Crippen LogP contribution in [0.1, 0.15) is 57.4 Å². The number of halogens is 1. The van der Waals surface area contributed by atoms with E-state index in [1.807, 2.05) is 6.07 Å². The molecule has 0 radical (unpaired) electrons. The molecule has 1 saturated carbocycles. The van der Waals surface area contributed by atoms with Crippen LogP contribution in [0.3, 0.4) is 0 Å². The van der Waals surface area contributed by atoms with Crippen molar-refractivity contribution in [1.29, 1.82) is 0 Å². The average Bonchev–Trinajstić information content (AvgIpc) is 2.78. The van der Waals surface area contributed by atoms with E-state index >= 15 is 0 Å².